The normalized spacial score (nSPS) is 18.2. The van der Waals surface area contributed by atoms with E-state index in [0.29, 0.717) is 31.1 Å². The zero-order valence-electron chi connectivity index (χ0n) is 15.5. The van der Waals surface area contributed by atoms with E-state index >= 15 is 0 Å². The first kappa shape index (κ1) is 19.3. The number of amides is 1. The molecule has 1 amide bonds. The Morgan fingerprint density at radius 2 is 1.97 bits per heavy atom. The maximum atomic E-state index is 12.8. The molecule has 2 aliphatic rings. The molecule has 4 rings (SSSR count). The first-order valence-corrected chi connectivity index (χ1v) is 9.73. The molecule has 7 nitrogen and oxygen atoms in total. The third kappa shape index (κ3) is 4.05. The number of carbonyl (C=O) groups excluding carboxylic acids is 1. The van der Waals surface area contributed by atoms with Crippen LogP contribution in [-0.2, 0) is 4.79 Å². The van der Waals surface area contributed by atoms with Gasteiger partial charge >= 0.3 is 0 Å². The number of fused-ring (bicyclic) bond motifs is 1. The predicted octanol–water partition coefficient (Wildman–Crippen LogP) is 4.40. The van der Waals surface area contributed by atoms with Gasteiger partial charge in [-0.1, -0.05) is 23.7 Å². The number of likely N-dealkylation sites (tertiary alicyclic amines) is 1. The molecule has 1 atom stereocenters. The fourth-order valence-electron chi connectivity index (χ4n) is 3.68. The summed E-state index contributed by atoms with van der Waals surface area (Å²) in [5.41, 5.74) is 1.37. The Morgan fingerprint density at radius 3 is 2.76 bits per heavy atom. The summed E-state index contributed by atoms with van der Waals surface area (Å²) >= 11 is 5.83. The highest BCUT2D eigenvalue weighted by Crippen LogP contribution is 2.38. The van der Waals surface area contributed by atoms with Crippen molar-refractivity contribution in [3.8, 4) is 11.5 Å². The van der Waals surface area contributed by atoms with E-state index in [1.165, 1.54) is 18.2 Å². The standard InChI is InChI=1S/C21H19ClN2O5/c22-16-6-3-14(12-18(16)24(26)27)4-8-21(25)23-9-1-2-17(23)15-5-7-19-20(13-15)29-11-10-28-19/h3-8,12-13,17H,1-2,9-11H2. The van der Waals surface area contributed by atoms with Gasteiger partial charge in [-0.25, -0.2) is 0 Å². The minimum atomic E-state index is -0.542. The molecule has 2 aromatic rings. The number of ether oxygens (including phenoxy) is 2. The van der Waals surface area contributed by atoms with Crippen LogP contribution in [-0.4, -0.2) is 35.5 Å². The van der Waals surface area contributed by atoms with Gasteiger partial charge < -0.3 is 14.4 Å². The molecule has 8 heteroatoms. The second-order valence-corrected chi connectivity index (χ2v) is 7.30. The number of hydrogen-bond donors (Lipinski definition) is 0. The first-order chi connectivity index (χ1) is 14.0. The second-order valence-electron chi connectivity index (χ2n) is 6.89. The molecule has 0 saturated carbocycles. The van der Waals surface area contributed by atoms with Crippen LogP contribution in [0.2, 0.25) is 5.02 Å². The van der Waals surface area contributed by atoms with Gasteiger partial charge in [0, 0.05) is 18.7 Å². The molecule has 2 aliphatic heterocycles. The lowest BCUT2D eigenvalue weighted by atomic mass is 10.0. The van der Waals surface area contributed by atoms with Gasteiger partial charge in [0.2, 0.25) is 5.91 Å². The topological polar surface area (TPSA) is 81.9 Å². The minimum Gasteiger partial charge on any atom is -0.486 e. The lowest BCUT2D eigenvalue weighted by molar-refractivity contribution is -0.384. The van der Waals surface area contributed by atoms with Crippen molar-refractivity contribution in [1.82, 2.24) is 4.90 Å². The van der Waals surface area contributed by atoms with Gasteiger partial charge in [-0.15, -0.1) is 0 Å². The summed E-state index contributed by atoms with van der Waals surface area (Å²) in [4.78, 5) is 25.1. The van der Waals surface area contributed by atoms with Crippen molar-refractivity contribution < 1.29 is 19.2 Å². The van der Waals surface area contributed by atoms with Crippen LogP contribution in [0.4, 0.5) is 5.69 Å². The van der Waals surface area contributed by atoms with E-state index in [-0.39, 0.29) is 22.7 Å². The highest BCUT2D eigenvalue weighted by Gasteiger charge is 2.29. The van der Waals surface area contributed by atoms with Crippen LogP contribution in [0.25, 0.3) is 6.08 Å². The minimum absolute atomic E-state index is 0.0393. The summed E-state index contributed by atoms with van der Waals surface area (Å²) in [5, 5.41) is 11.1. The molecule has 0 radical (unpaired) electrons. The number of benzene rings is 2. The number of halogens is 1. The lowest BCUT2D eigenvalue weighted by Crippen LogP contribution is -2.29. The average Bonchev–Trinajstić information content (AvgIpc) is 3.22. The number of hydrogen-bond acceptors (Lipinski definition) is 5. The van der Waals surface area contributed by atoms with E-state index in [1.807, 2.05) is 23.1 Å². The van der Waals surface area contributed by atoms with Crippen LogP contribution in [0.15, 0.2) is 42.5 Å². The summed E-state index contributed by atoms with van der Waals surface area (Å²) in [6.45, 7) is 1.71. The molecule has 1 saturated heterocycles. The van der Waals surface area contributed by atoms with Crippen molar-refractivity contribution >= 4 is 29.3 Å². The summed E-state index contributed by atoms with van der Waals surface area (Å²) in [5.74, 6) is 1.29. The zero-order chi connectivity index (χ0) is 20.4. The second kappa shape index (κ2) is 8.13. The molecule has 150 valence electrons. The Kier molecular flexibility index (Phi) is 5.40. The van der Waals surface area contributed by atoms with Crippen molar-refractivity contribution in [3.05, 3.63) is 68.7 Å². The molecule has 1 unspecified atom stereocenters. The van der Waals surface area contributed by atoms with E-state index in [4.69, 9.17) is 21.1 Å². The van der Waals surface area contributed by atoms with Crippen molar-refractivity contribution in [2.75, 3.05) is 19.8 Å². The number of nitro groups is 1. The first-order valence-electron chi connectivity index (χ1n) is 9.35. The summed E-state index contributed by atoms with van der Waals surface area (Å²) in [6, 6.07) is 10.2. The fraction of sp³-hybridized carbons (Fsp3) is 0.286. The van der Waals surface area contributed by atoms with Crippen LogP contribution >= 0.6 is 11.6 Å². The van der Waals surface area contributed by atoms with Crippen LogP contribution in [0.1, 0.15) is 30.0 Å². The molecular weight excluding hydrogens is 396 g/mol. The van der Waals surface area contributed by atoms with Gasteiger partial charge in [0.05, 0.1) is 11.0 Å². The molecule has 0 aromatic heterocycles. The maximum Gasteiger partial charge on any atom is 0.288 e. The number of nitrogens with zero attached hydrogens (tertiary/aromatic N) is 2. The van der Waals surface area contributed by atoms with Gasteiger partial charge in [-0.2, -0.15) is 0 Å². The van der Waals surface area contributed by atoms with Gasteiger partial charge in [-0.3, -0.25) is 14.9 Å². The third-order valence-corrected chi connectivity index (χ3v) is 5.39. The Bertz CT molecular complexity index is 991. The average molecular weight is 415 g/mol. The lowest BCUT2D eigenvalue weighted by Gasteiger charge is -2.26. The van der Waals surface area contributed by atoms with Crippen LogP contribution in [0.3, 0.4) is 0 Å². The molecule has 0 spiro atoms. The molecule has 1 fully saturated rings. The van der Waals surface area contributed by atoms with Crippen molar-refractivity contribution in [3.63, 3.8) is 0 Å². The van der Waals surface area contributed by atoms with Gasteiger partial charge in [0.15, 0.2) is 11.5 Å². The largest absolute Gasteiger partial charge is 0.486 e. The van der Waals surface area contributed by atoms with E-state index in [0.717, 1.165) is 24.2 Å². The van der Waals surface area contributed by atoms with Gasteiger partial charge in [-0.05, 0) is 48.2 Å². The van der Waals surface area contributed by atoms with E-state index in [9.17, 15) is 14.9 Å². The Balaban J connectivity index is 1.52. The number of rotatable bonds is 4. The highest BCUT2D eigenvalue weighted by molar-refractivity contribution is 6.32. The number of nitro benzene ring substituents is 1. The smallest absolute Gasteiger partial charge is 0.288 e. The summed E-state index contributed by atoms with van der Waals surface area (Å²) < 4.78 is 11.2. The molecular formula is C21H19ClN2O5. The molecule has 2 heterocycles. The predicted molar refractivity (Wildman–Crippen MR) is 108 cm³/mol. The van der Waals surface area contributed by atoms with Crippen LogP contribution in [0.5, 0.6) is 11.5 Å². The Morgan fingerprint density at radius 1 is 1.17 bits per heavy atom. The third-order valence-electron chi connectivity index (χ3n) is 5.07. The summed E-state index contributed by atoms with van der Waals surface area (Å²) in [6.07, 6.45) is 4.80. The number of carbonyl (C=O) groups is 1. The Hall–Kier alpha value is -3.06. The molecule has 29 heavy (non-hydrogen) atoms. The van der Waals surface area contributed by atoms with E-state index in [1.54, 1.807) is 12.1 Å². The van der Waals surface area contributed by atoms with E-state index < -0.39 is 4.92 Å². The monoisotopic (exact) mass is 414 g/mol. The molecule has 0 bridgehead atoms. The SMILES string of the molecule is O=C(C=Cc1ccc(Cl)c([N+](=O)[O-])c1)N1CCCC1c1ccc2c(c1)OCCO2. The van der Waals surface area contributed by atoms with Crippen LogP contribution < -0.4 is 9.47 Å². The molecule has 0 N–H and O–H groups in total. The molecule has 2 aromatic carbocycles. The maximum absolute atomic E-state index is 12.8. The fourth-order valence-corrected chi connectivity index (χ4v) is 3.87. The zero-order valence-corrected chi connectivity index (χ0v) is 16.3. The Labute approximate surface area is 172 Å². The highest BCUT2D eigenvalue weighted by atomic mass is 35.5. The summed E-state index contributed by atoms with van der Waals surface area (Å²) in [7, 11) is 0. The van der Waals surface area contributed by atoms with Crippen LogP contribution in [0, 0.1) is 10.1 Å². The van der Waals surface area contributed by atoms with E-state index in [2.05, 4.69) is 0 Å². The van der Waals surface area contributed by atoms with Crippen molar-refractivity contribution in [1.29, 1.82) is 0 Å². The van der Waals surface area contributed by atoms with Crippen molar-refractivity contribution in [2.24, 2.45) is 0 Å². The van der Waals surface area contributed by atoms with Crippen molar-refractivity contribution in [2.45, 2.75) is 18.9 Å². The van der Waals surface area contributed by atoms with Gasteiger partial charge in [0.1, 0.15) is 18.2 Å². The molecule has 0 aliphatic carbocycles. The quantitative estimate of drug-likeness (QED) is 0.421. The van der Waals surface area contributed by atoms with Gasteiger partial charge in [0.25, 0.3) is 5.69 Å².